The Morgan fingerprint density at radius 2 is 1.20 bits per heavy atom. The molecule has 3 N–H and O–H groups in total. The van der Waals surface area contributed by atoms with Crippen LogP contribution >= 0.6 is 0 Å². The number of hydrogen-bond acceptors (Lipinski definition) is 3. The molecular formula is C32H56O3. The van der Waals surface area contributed by atoms with Crippen LogP contribution in [0.15, 0.2) is 6.08 Å². The lowest BCUT2D eigenvalue weighted by Gasteiger charge is -2.22. The van der Waals surface area contributed by atoms with Crippen molar-refractivity contribution in [3.05, 3.63) is 28.3 Å². The van der Waals surface area contributed by atoms with E-state index in [2.05, 4.69) is 41.5 Å². The molecule has 35 heavy (non-hydrogen) atoms. The van der Waals surface area contributed by atoms with Gasteiger partial charge in [-0.05, 0) is 68.4 Å². The fourth-order valence-corrected chi connectivity index (χ4v) is 4.98. The molecule has 0 unspecified atom stereocenters. The van der Waals surface area contributed by atoms with E-state index in [4.69, 9.17) is 0 Å². The van der Waals surface area contributed by atoms with Crippen LogP contribution in [0.1, 0.15) is 129 Å². The molecule has 0 saturated heterocycles. The third-order valence-corrected chi connectivity index (χ3v) is 7.61. The molecule has 1 rings (SSSR count). The fraction of sp³-hybridized carbons (Fsp3) is 0.750. The van der Waals surface area contributed by atoms with E-state index in [-0.39, 0.29) is 11.5 Å². The molecule has 0 bridgehead atoms. The summed E-state index contributed by atoms with van der Waals surface area (Å²) in [5.74, 6) is 3.13. The predicted molar refractivity (Wildman–Crippen MR) is 152 cm³/mol. The van der Waals surface area contributed by atoms with Crippen molar-refractivity contribution in [2.24, 2.45) is 23.7 Å². The monoisotopic (exact) mass is 488 g/mol. The zero-order chi connectivity index (χ0) is 26.8. The lowest BCUT2D eigenvalue weighted by molar-refractivity contribution is 0.0979. The molecule has 0 aliphatic carbocycles. The summed E-state index contributed by atoms with van der Waals surface area (Å²) >= 11 is 0. The average Bonchev–Trinajstić information content (AvgIpc) is 2.75. The van der Waals surface area contributed by atoms with Crippen LogP contribution in [-0.4, -0.2) is 20.9 Å². The molecule has 0 fully saturated rings. The summed E-state index contributed by atoms with van der Waals surface area (Å²) in [5, 5.41) is 32.5. The molecule has 0 saturated carbocycles. The lowest BCUT2D eigenvalue weighted by atomic mass is 9.88. The van der Waals surface area contributed by atoms with Crippen molar-refractivity contribution in [2.45, 2.75) is 132 Å². The zero-order valence-corrected chi connectivity index (χ0v) is 24.4. The molecule has 3 nitrogen and oxygen atoms in total. The number of phenolic OH excluding ortho intramolecular Hbond substituents is 2. The predicted octanol–water partition coefficient (Wildman–Crippen LogP) is 9.12. The molecule has 3 atom stereocenters. The molecule has 1 aromatic carbocycles. The van der Waals surface area contributed by atoms with Crippen molar-refractivity contribution < 1.29 is 15.3 Å². The molecule has 0 aliphatic rings. The van der Waals surface area contributed by atoms with Gasteiger partial charge in [0.1, 0.15) is 11.5 Å². The smallest absolute Gasteiger partial charge is 0.126 e. The highest BCUT2D eigenvalue weighted by molar-refractivity contribution is 5.69. The second-order valence-electron chi connectivity index (χ2n) is 12.5. The Morgan fingerprint density at radius 1 is 0.714 bits per heavy atom. The van der Waals surface area contributed by atoms with Crippen molar-refractivity contribution in [2.75, 3.05) is 0 Å². The third-order valence-electron chi connectivity index (χ3n) is 7.61. The van der Waals surface area contributed by atoms with Gasteiger partial charge in [-0.25, -0.2) is 0 Å². The van der Waals surface area contributed by atoms with E-state index in [1.54, 1.807) is 6.08 Å². The van der Waals surface area contributed by atoms with Gasteiger partial charge in [0.25, 0.3) is 0 Å². The first-order chi connectivity index (χ1) is 16.2. The summed E-state index contributed by atoms with van der Waals surface area (Å²) < 4.78 is 0. The molecule has 0 radical (unpaired) electrons. The lowest BCUT2D eigenvalue weighted by Crippen LogP contribution is -2.20. The van der Waals surface area contributed by atoms with Crippen LogP contribution in [0.2, 0.25) is 0 Å². The minimum absolute atomic E-state index is 0.204. The summed E-state index contributed by atoms with van der Waals surface area (Å²) in [6, 6.07) is 0. The quantitative estimate of drug-likeness (QED) is 0.203. The van der Waals surface area contributed by atoms with Crippen LogP contribution in [-0.2, 0) is 6.42 Å². The van der Waals surface area contributed by atoms with Gasteiger partial charge in [-0.2, -0.15) is 0 Å². The number of benzene rings is 1. The molecule has 0 heterocycles. The topological polar surface area (TPSA) is 60.7 Å². The molecule has 3 heteroatoms. The van der Waals surface area contributed by atoms with Crippen molar-refractivity contribution >= 4 is 6.08 Å². The van der Waals surface area contributed by atoms with E-state index in [9.17, 15) is 15.3 Å². The summed E-state index contributed by atoms with van der Waals surface area (Å²) in [6.07, 6.45) is 15.0. The standard InChI is InChI=1S/C32H56O3/c1-22(2)13-10-14-24(5)15-11-16-25(6)17-12-19-32(9,35)20-18-28-29(21-23(3)4)31(34)27(8)26(7)30(28)33/h18,20,22-25,33-35H,10-17,19,21H2,1-9H3/t24-,25-,32-/m1/s1. The van der Waals surface area contributed by atoms with Crippen LogP contribution in [0.3, 0.4) is 0 Å². The maximum Gasteiger partial charge on any atom is 0.126 e. The summed E-state index contributed by atoms with van der Waals surface area (Å²) in [4.78, 5) is 0. The van der Waals surface area contributed by atoms with Crippen molar-refractivity contribution in [3.8, 4) is 11.5 Å². The minimum atomic E-state index is -0.944. The first kappa shape index (κ1) is 31.5. The number of aliphatic hydroxyl groups is 1. The highest BCUT2D eigenvalue weighted by atomic mass is 16.3. The molecular weight excluding hydrogens is 432 g/mol. The number of rotatable bonds is 16. The molecule has 0 spiro atoms. The van der Waals surface area contributed by atoms with Gasteiger partial charge in [0.05, 0.1) is 5.60 Å². The van der Waals surface area contributed by atoms with E-state index in [0.717, 1.165) is 35.8 Å². The Hall–Kier alpha value is -1.48. The average molecular weight is 489 g/mol. The highest BCUT2D eigenvalue weighted by Gasteiger charge is 2.21. The Balaban J connectivity index is 2.60. The second-order valence-corrected chi connectivity index (χ2v) is 12.5. The SMILES string of the molecule is Cc1c(C)c(O)c(CC(C)C)c(C=C[C@](C)(O)CCC[C@H](C)CCC[C@H](C)CCCC(C)C)c1O. The zero-order valence-electron chi connectivity index (χ0n) is 24.4. The van der Waals surface area contributed by atoms with Crippen molar-refractivity contribution in [1.29, 1.82) is 0 Å². The molecule has 0 aromatic heterocycles. The number of aromatic hydroxyl groups is 2. The van der Waals surface area contributed by atoms with E-state index in [1.165, 1.54) is 38.5 Å². The largest absolute Gasteiger partial charge is 0.507 e. The molecule has 202 valence electrons. The third kappa shape index (κ3) is 11.4. The van der Waals surface area contributed by atoms with Crippen LogP contribution in [0, 0.1) is 37.5 Å². The molecule has 0 amide bonds. The van der Waals surface area contributed by atoms with E-state index in [1.807, 2.05) is 26.8 Å². The first-order valence-electron chi connectivity index (χ1n) is 14.2. The van der Waals surface area contributed by atoms with E-state index in [0.29, 0.717) is 35.8 Å². The van der Waals surface area contributed by atoms with Gasteiger partial charge >= 0.3 is 0 Å². The maximum absolute atomic E-state index is 11.0. The van der Waals surface area contributed by atoms with Crippen LogP contribution in [0.5, 0.6) is 11.5 Å². The van der Waals surface area contributed by atoms with E-state index < -0.39 is 5.60 Å². The van der Waals surface area contributed by atoms with Crippen LogP contribution < -0.4 is 0 Å². The van der Waals surface area contributed by atoms with Gasteiger partial charge in [-0.3, -0.25) is 0 Å². The molecule has 0 aliphatic heterocycles. The summed E-state index contributed by atoms with van der Waals surface area (Å²) in [5.41, 5.74) is 1.87. The first-order valence-corrected chi connectivity index (χ1v) is 14.2. The van der Waals surface area contributed by atoms with Crippen LogP contribution in [0.25, 0.3) is 6.08 Å². The van der Waals surface area contributed by atoms with E-state index >= 15 is 0 Å². The normalized spacial score (nSPS) is 15.8. The fourth-order valence-electron chi connectivity index (χ4n) is 4.98. The highest BCUT2D eigenvalue weighted by Crippen LogP contribution is 2.39. The number of phenols is 2. The summed E-state index contributed by atoms with van der Waals surface area (Å²) in [7, 11) is 0. The van der Waals surface area contributed by atoms with Crippen LogP contribution in [0.4, 0.5) is 0 Å². The minimum Gasteiger partial charge on any atom is -0.507 e. The Kier molecular flexibility index (Phi) is 13.5. The van der Waals surface area contributed by atoms with Gasteiger partial charge in [0, 0.05) is 11.1 Å². The van der Waals surface area contributed by atoms with Crippen molar-refractivity contribution in [1.82, 2.24) is 0 Å². The van der Waals surface area contributed by atoms with Gasteiger partial charge in [0.2, 0.25) is 0 Å². The Bertz CT molecular complexity index is 789. The maximum atomic E-state index is 11.0. The van der Waals surface area contributed by atoms with Gasteiger partial charge in [0.15, 0.2) is 0 Å². The van der Waals surface area contributed by atoms with Gasteiger partial charge in [-0.15, -0.1) is 0 Å². The van der Waals surface area contributed by atoms with Crippen molar-refractivity contribution in [3.63, 3.8) is 0 Å². The molecule has 1 aromatic rings. The summed E-state index contributed by atoms with van der Waals surface area (Å²) in [6.45, 7) is 19.1. The number of hydrogen-bond donors (Lipinski definition) is 3. The second kappa shape index (κ2) is 14.9. The van der Waals surface area contributed by atoms with Gasteiger partial charge in [-0.1, -0.05) is 105 Å². The Labute approximate surface area is 217 Å². The van der Waals surface area contributed by atoms with Gasteiger partial charge < -0.3 is 15.3 Å². The Morgan fingerprint density at radius 3 is 1.71 bits per heavy atom.